The molecule has 5 nitrogen and oxygen atoms in total. The first-order valence-corrected chi connectivity index (χ1v) is 4.15. The number of carbonyl (C=O) groups is 1. The Morgan fingerprint density at radius 3 is 2.50 bits per heavy atom. The normalized spacial score (nSPS) is 9.29. The van der Waals surface area contributed by atoms with E-state index in [2.05, 4.69) is 10.6 Å². The minimum absolute atomic E-state index is 0.551. The van der Waals surface area contributed by atoms with Crippen LogP contribution >= 0.6 is 11.6 Å². The highest BCUT2D eigenvalue weighted by Crippen LogP contribution is 2.13. The lowest BCUT2D eigenvalue weighted by Gasteiger charge is -2.08. The van der Waals surface area contributed by atoms with Gasteiger partial charge in [0.1, 0.15) is 0 Å². The summed E-state index contributed by atoms with van der Waals surface area (Å²) in [6.45, 7) is 0. The van der Waals surface area contributed by atoms with Crippen molar-refractivity contribution in [3.8, 4) is 0 Å². The van der Waals surface area contributed by atoms with Crippen molar-refractivity contribution in [2.75, 3.05) is 12.4 Å². The largest absolute Gasteiger partial charge is 0.344 e. The highest BCUT2D eigenvalue weighted by atomic mass is 35.5. The van der Waals surface area contributed by atoms with E-state index in [1.807, 2.05) is 0 Å². The summed E-state index contributed by atoms with van der Waals surface area (Å²) in [4.78, 5) is 21.1. The first-order valence-electron chi connectivity index (χ1n) is 3.77. The lowest BCUT2D eigenvalue weighted by Crippen LogP contribution is -2.26. The molecule has 0 atom stereocenters. The lowest BCUT2D eigenvalue weighted by atomic mass is 10.3. The average Bonchev–Trinajstić information content (AvgIpc) is 2.20. The number of benzene rings is 1. The fourth-order valence-corrected chi connectivity index (χ4v) is 0.901. The second kappa shape index (κ2) is 4.57. The molecule has 2 amide bonds. The number of nitrogens with one attached hydrogen (secondary N) is 1. The zero-order chi connectivity index (χ0) is 10.6. The number of amides is 2. The molecule has 74 valence electrons. The van der Waals surface area contributed by atoms with Gasteiger partial charge in [0.2, 0.25) is 0 Å². The molecule has 0 bridgehead atoms. The van der Waals surface area contributed by atoms with Crippen molar-refractivity contribution in [3.63, 3.8) is 0 Å². The third-order valence-corrected chi connectivity index (χ3v) is 1.76. The van der Waals surface area contributed by atoms with E-state index >= 15 is 0 Å². The molecule has 6 heteroatoms. The fourth-order valence-electron chi connectivity index (χ4n) is 0.775. The summed E-state index contributed by atoms with van der Waals surface area (Å²) in [6.07, 6.45) is 0. The molecule has 1 N–H and O–H groups in total. The van der Waals surface area contributed by atoms with Gasteiger partial charge >= 0.3 is 6.03 Å². The van der Waals surface area contributed by atoms with Crippen molar-refractivity contribution >= 4 is 23.3 Å². The van der Waals surface area contributed by atoms with Gasteiger partial charge in [-0.15, -0.1) is 4.91 Å². The highest BCUT2D eigenvalue weighted by molar-refractivity contribution is 6.30. The number of urea groups is 1. The van der Waals surface area contributed by atoms with E-state index < -0.39 is 6.03 Å². The predicted molar refractivity (Wildman–Crippen MR) is 54.0 cm³/mol. The van der Waals surface area contributed by atoms with Crippen LogP contribution < -0.4 is 5.32 Å². The van der Waals surface area contributed by atoms with E-state index in [1.54, 1.807) is 24.3 Å². The maximum Gasteiger partial charge on any atom is 0.344 e. The van der Waals surface area contributed by atoms with Crippen molar-refractivity contribution in [2.45, 2.75) is 0 Å². The molecule has 0 unspecified atom stereocenters. The second-order valence-corrected chi connectivity index (χ2v) is 2.98. The molecule has 0 aliphatic rings. The summed E-state index contributed by atoms with van der Waals surface area (Å²) in [5.41, 5.74) is 0.551. The van der Waals surface area contributed by atoms with Gasteiger partial charge in [0.25, 0.3) is 0 Å². The van der Waals surface area contributed by atoms with Gasteiger partial charge in [-0.05, 0) is 24.3 Å². The average molecular weight is 214 g/mol. The van der Waals surface area contributed by atoms with Crippen molar-refractivity contribution in [2.24, 2.45) is 5.29 Å². The molecule has 0 heterocycles. The number of nitrogens with zero attached hydrogens (tertiary/aromatic N) is 2. The SMILES string of the molecule is CN(N=O)C(=O)Nc1ccc(Cl)cc1. The molecule has 0 spiro atoms. The van der Waals surface area contributed by atoms with E-state index in [9.17, 15) is 9.70 Å². The van der Waals surface area contributed by atoms with Crippen molar-refractivity contribution in [3.05, 3.63) is 34.2 Å². The molecular formula is C8H8ClN3O2. The Bertz CT molecular complexity index is 339. The number of rotatable bonds is 2. The summed E-state index contributed by atoms with van der Waals surface area (Å²) >= 11 is 5.65. The monoisotopic (exact) mass is 213 g/mol. The van der Waals surface area contributed by atoms with Crippen LogP contribution in [0, 0.1) is 4.91 Å². The number of anilines is 1. The van der Waals surface area contributed by atoms with Crippen molar-refractivity contribution < 1.29 is 4.79 Å². The summed E-state index contributed by atoms with van der Waals surface area (Å²) in [6, 6.07) is 5.91. The minimum atomic E-state index is -0.595. The van der Waals surface area contributed by atoms with Crippen LogP contribution in [0.5, 0.6) is 0 Å². The molecule has 1 rings (SSSR count). The van der Waals surface area contributed by atoms with Crippen LogP contribution in [0.1, 0.15) is 0 Å². The number of carbonyl (C=O) groups excluding carboxylic acids is 1. The predicted octanol–water partition coefficient (Wildman–Crippen LogP) is 2.49. The van der Waals surface area contributed by atoms with Crippen LogP contribution in [0.15, 0.2) is 29.6 Å². The quantitative estimate of drug-likeness (QED) is 0.606. The van der Waals surface area contributed by atoms with Crippen molar-refractivity contribution in [1.82, 2.24) is 5.01 Å². The first kappa shape index (κ1) is 10.5. The summed E-state index contributed by atoms with van der Waals surface area (Å²) in [5.74, 6) is 0. The zero-order valence-corrected chi connectivity index (χ0v) is 8.15. The van der Waals surface area contributed by atoms with Crippen LogP contribution in [-0.4, -0.2) is 18.1 Å². The Kier molecular flexibility index (Phi) is 3.41. The van der Waals surface area contributed by atoms with Gasteiger partial charge < -0.3 is 5.32 Å². The van der Waals surface area contributed by atoms with Crippen LogP contribution in [0.4, 0.5) is 10.5 Å². The molecular weight excluding hydrogens is 206 g/mol. The van der Waals surface area contributed by atoms with E-state index in [0.29, 0.717) is 15.7 Å². The van der Waals surface area contributed by atoms with E-state index in [0.717, 1.165) is 0 Å². The van der Waals surface area contributed by atoms with Crippen LogP contribution in [0.2, 0.25) is 5.02 Å². The standard InChI is InChI=1S/C8H8ClN3O2/c1-12(11-14)8(13)10-7-4-2-6(9)3-5-7/h2-5H,1H3,(H,10,13). The fraction of sp³-hybridized carbons (Fsp3) is 0.125. The van der Waals surface area contributed by atoms with E-state index in [1.165, 1.54) is 7.05 Å². The van der Waals surface area contributed by atoms with E-state index in [-0.39, 0.29) is 0 Å². The molecule has 0 saturated carbocycles. The minimum Gasteiger partial charge on any atom is -0.306 e. The number of hydrogen-bond acceptors (Lipinski definition) is 3. The van der Waals surface area contributed by atoms with Gasteiger partial charge in [-0.3, -0.25) is 0 Å². The smallest absolute Gasteiger partial charge is 0.306 e. The molecule has 0 aliphatic heterocycles. The van der Waals surface area contributed by atoms with Crippen molar-refractivity contribution in [1.29, 1.82) is 0 Å². The topological polar surface area (TPSA) is 61.8 Å². The molecule has 0 radical (unpaired) electrons. The zero-order valence-electron chi connectivity index (χ0n) is 7.40. The van der Waals surface area contributed by atoms with Gasteiger partial charge in [-0.2, -0.15) is 5.01 Å². The maximum absolute atomic E-state index is 11.1. The molecule has 1 aromatic rings. The molecule has 1 aromatic carbocycles. The molecule has 0 aliphatic carbocycles. The summed E-state index contributed by atoms with van der Waals surface area (Å²) in [7, 11) is 1.26. The van der Waals surface area contributed by atoms with Gasteiger partial charge in [0, 0.05) is 17.8 Å². The summed E-state index contributed by atoms with van der Waals surface area (Å²) < 4.78 is 0. The highest BCUT2D eigenvalue weighted by Gasteiger charge is 2.07. The Balaban J connectivity index is 2.65. The Labute approximate surface area is 85.6 Å². The Morgan fingerprint density at radius 2 is 2.00 bits per heavy atom. The number of nitroso groups, excluding NO2 is 1. The van der Waals surface area contributed by atoms with Gasteiger partial charge in [0.05, 0.1) is 5.29 Å². The van der Waals surface area contributed by atoms with Gasteiger partial charge in [0.15, 0.2) is 0 Å². The second-order valence-electron chi connectivity index (χ2n) is 2.54. The first-order chi connectivity index (χ1) is 6.63. The van der Waals surface area contributed by atoms with Crippen LogP contribution in [0.3, 0.4) is 0 Å². The third-order valence-electron chi connectivity index (χ3n) is 1.51. The number of halogens is 1. The number of hydrogen-bond donors (Lipinski definition) is 1. The van der Waals surface area contributed by atoms with Crippen LogP contribution in [-0.2, 0) is 0 Å². The third kappa shape index (κ3) is 2.70. The summed E-state index contributed by atoms with van der Waals surface area (Å²) in [5, 5.41) is 6.14. The van der Waals surface area contributed by atoms with Gasteiger partial charge in [-0.1, -0.05) is 11.6 Å². The lowest BCUT2D eigenvalue weighted by molar-refractivity contribution is 0.224. The Morgan fingerprint density at radius 1 is 1.43 bits per heavy atom. The molecule has 0 aromatic heterocycles. The molecule has 14 heavy (non-hydrogen) atoms. The molecule has 0 fully saturated rings. The Hall–Kier alpha value is -1.62. The van der Waals surface area contributed by atoms with Gasteiger partial charge in [-0.25, -0.2) is 4.79 Å². The van der Waals surface area contributed by atoms with E-state index in [4.69, 9.17) is 11.6 Å². The van der Waals surface area contributed by atoms with Crippen LogP contribution in [0.25, 0.3) is 0 Å². The maximum atomic E-state index is 11.1. The molecule has 0 saturated heterocycles.